The van der Waals surface area contributed by atoms with E-state index in [1.54, 1.807) is 0 Å². The number of aryl methyl sites for hydroxylation is 2. The fourth-order valence-electron chi connectivity index (χ4n) is 1.68. The molecule has 0 fully saturated rings. The van der Waals surface area contributed by atoms with Gasteiger partial charge in [-0.05, 0) is 13.8 Å². The molecule has 0 saturated carbocycles. The zero-order chi connectivity index (χ0) is 12.1. The average molecular weight is 219 g/mol. The van der Waals surface area contributed by atoms with Crippen LogP contribution in [0.25, 0.3) is 0 Å². The Labute approximate surface area is 98.2 Å². The third kappa shape index (κ3) is 3.11. The summed E-state index contributed by atoms with van der Waals surface area (Å²) in [5, 5.41) is 7.93. The summed E-state index contributed by atoms with van der Waals surface area (Å²) in [5.41, 5.74) is 3.62. The standard InChI is InChI=1S/C13H21N3/c1-6-7-8-16-12(5)13(11(4)15-16)9-14-10(2)3/h1,10,14H,7-9H2,2-5H3. The van der Waals surface area contributed by atoms with E-state index in [4.69, 9.17) is 6.42 Å². The Morgan fingerprint density at radius 3 is 2.69 bits per heavy atom. The summed E-state index contributed by atoms with van der Waals surface area (Å²) >= 11 is 0. The van der Waals surface area contributed by atoms with Crippen molar-refractivity contribution in [1.82, 2.24) is 15.1 Å². The SMILES string of the molecule is C#CCCn1nc(C)c(CNC(C)C)c1C. The maximum absolute atomic E-state index is 5.27. The zero-order valence-electron chi connectivity index (χ0n) is 10.7. The van der Waals surface area contributed by atoms with Crippen LogP contribution >= 0.6 is 0 Å². The molecule has 1 rings (SSSR count). The van der Waals surface area contributed by atoms with Gasteiger partial charge in [-0.3, -0.25) is 4.68 Å². The van der Waals surface area contributed by atoms with Crippen molar-refractivity contribution in [1.29, 1.82) is 0 Å². The smallest absolute Gasteiger partial charge is 0.0641 e. The molecule has 3 nitrogen and oxygen atoms in total. The second-order valence-corrected chi connectivity index (χ2v) is 4.36. The molecule has 88 valence electrons. The van der Waals surface area contributed by atoms with Crippen LogP contribution in [-0.2, 0) is 13.1 Å². The third-order valence-electron chi connectivity index (χ3n) is 2.69. The Kier molecular flexibility index (Phi) is 4.57. The van der Waals surface area contributed by atoms with E-state index < -0.39 is 0 Å². The molecule has 1 N–H and O–H groups in total. The summed E-state index contributed by atoms with van der Waals surface area (Å²) in [6.07, 6.45) is 6.00. The number of hydrogen-bond acceptors (Lipinski definition) is 2. The van der Waals surface area contributed by atoms with Gasteiger partial charge in [-0.25, -0.2) is 0 Å². The lowest BCUT2D eigenvalue weighted by Gasteiger charge is -2.08. The van der Waals surface area contributed by atoms with Crippen LogP contribution in [0, 0.1) is 26.2 Å². The predicted molar refractivity (Wildman–Crippen MR) is 67.1 cm³/mol. The summed E-state index contributed by atoms with van der Waals surface area (Å²) in [6, 6.07) is 0.493. The molecule has 0 spiro atoms. The predicted octanol–water partition coefficient (Wildman–Crippen LogP) is 2.02. The highest BCUT2D eigenvalue weighted by Gasteiger charge is 2.10. The highest BCUT2D eigenvalue weighted by molar-refractivity contribution is 5.24. The molecule has 0 amide bonds. The van der Waals surface area contributed by atoms with Crippen LogP contribution in [0.15, 0.2) is 0 Å². The number of terminal acetylenes is 1. The molecule has 1 aromatic heterocycles. The topological polar surface area (TPSA) is 29.9 Å². The van der Waals surface area contributed by atoms with Crippen LogP contribution in [0.2, 0.25) is 0 Å². The Morgan fingerprint density at radius 2 is 2.12 bits per heavy atom. The van der Waals surface area contributed by atoms with Crippen molar-refractivity contribution in [3.8, 4) is 12.3 Å². The molecule has 0 aromatic carbocycles. The highest BCUT2D eigenvalue weighted by Crippen LogP contribution is 2.13. The van der Waals surface area contributed by atoms with Gasteiger partial charge in [0.15, 0.2) is 0 Å². The molecule has 3 heteroatoms. The number of hydrogen-bond donors (Lipinski definition) is 1. The average Bonchev–Trinajstić information content (AvgIpc) is 2.48. The van der Waals surface area contributed by atoms with E-state index in [-0.39, 0.29) is 0 Å². The highest BCUT2D eigenvalue weighted by atomic mass is 15.3. The Bertz CT molecular complexity index is 383. The van der Waals surface area contributed by atoms with E-state index in [0.717, 1.165) is 25.2 Å². The summed E-state index contributed by atoms with van der Waals surface area (Å²) in [5.74, 6) is 2.65. The van der Waals surface area contributed by atoms with Gasteiger partial charge < -0.3 is 5.32 Å². The van der Waals surface area contributed by atoms with Gasteiger partial charge in [-0.1, -0.05) is 13.8 Å². The molecule has 0 aliphatic rings. The first-order valence-corrected chi connectivity index (χ1v) is 5.76. The maximum Gasteiger partial charge on any atom is 0.0641 e. The fraction of sp³-hybridized carbons (Fsp3) is 0.615. The van der Waals surface area contributed by atoms with Gasteiger partial charge in [0.05, 0.1) is 12.2 Å². The second kappa shape index (κ2) is 5.72. The Morgan fingerprint density at radius 1 is 1.44 bits per heavy atom. The number of nitrogens with zero attached hydrogens (tertiary/aromatic N) is 2. The summed E-state index contributed by atoms with van der Waals surface area (Å²) in [7, 11) is 0. The molecular weight excluding hydrogens is 198 g/mol. The normalized spacial score (nSPS) is 10.8. The maximum atomic E-state index is 5.27. The van der Waals surface area contributed by atoms with Crippen LogP contribution in [0.1, 0.15) is 37.2 Å². The molecule has 1 heterocycles. The molecule has 1 aromatic rings. The quantitative estimate of drug-likeness (QED) is 0.768. The molecular formula is C13H21N3. The van der Waals surface area contributed by atoms with Gasteiger partial charge in [0.2, 0.25) is 0 Å². The lowest BCUT2D eigenvalue weighted by atomic mass is 10.2. The van der Waals surface area contributed by atoms with Crippen LogP contribution in [0.4, 0.5) is 0 Å². The molecule has 0 bridgehead atoms. The van der Waals surface area contributed by atoms with Gasteiger partial charge in [-0.2, -0.15) is 5.10 Å². The number of aromatic nitrogens is 2. The van der Waals surface area contributed by atoms with E-state index in [0.29, 0.717) is 6.04 Å². The van der Waals surface area contributed by atoms with E-state index in [2.05, 4.69) is 44.0 Å². The Hall–Kier alpha value is -1.27. The van der Waals surface area contributed by atoms with Crippen molar-refractivity contribution in [2.75, 3.05) is 0 Å². The van der Waals surface area contributed by atoms with Gasteiger partial charge >= 0.3 is 0 Å². The van der Waals surface area contributed by atoms with E-state index >= 15 is 0 Å². The van der Waals surface area contributed by atoms with Crippen molar-refractivity contribution in [2.24, 2.45) is 0 Å². The third-order valence-corrected chi connectivity index (χ3v) is 2.69. The van der Waals surface area contributed by atoms with E-state index in [9.17, 15) is 0 Å². The van der Waals surface area contributed by atoms with E-state index in [1.165, 1.54) is 11.3 Å². The monoisotopic (exact) mass is 219 g/mol. The lowest BCUT2D eigenvalue weighted by molar-refractivity contribution is 0.581. The van der Waals surface area contributed by atoms with Crippen LogP contribution in [0.5, 0.6) is 0 Å². The molecule has 0 atom stereocenters. The van der Waals surface area contributed by atoms with Crippen LogP contribution in [0.3, 0.4) is 0 Å². The molecule has 16 heavy (non-hydrogen) atoms. The molecule has 0 saturated heterocycles. The summed E-state index contributed by atoms with van der Waals surface area (Å²) in [6.45, 7) is 10.1. The van der Waals surface area contributed by atoms with Crippen molar-refractivity contribution >= 4 is 0 Å². The van der Waals surface area contributed by atoms with Gasteiger partial charge in [0, 0.05) is 30.3 Å². The lowest BCUT2D eigenvalue weighted by Crippen LogP contribution is -2.22. The first kappa shape index (κ1) is 12.8. The second-order valence-electron chi connectivity index (χ2n) is 4.36. The summed E-state index contributed by atoms with van der Waals surface area (Å²) < 4.78 is 2.01. The van der Waals surface area contributed by atoms with Gasteiger partial charge in [-0.15, -0.1) is 12.3 Å². The molecule has 0 radical (unpaired) electrons. The minimum absolute atomic E-state index is 0.493. The number of nitrogens with one attached hydrogen (secondary N) is 1. The Balaban J connectivity index is 2.77. The molecule has 0 unspecified atom stereocenters. The first-order chi connectivity index (χ1) is 7.56. The fourth-order valence-corrected chi connectivity index (χ4v) is 1.68. The largest absolute Gasteiger partial charge is 0.310 e. The van der Waals surface area contributed by atoms with Gasteiger partial charge in [0.1, 0.15) is 0 Å². The van der Waals surface area contributed by atoms with Crippen LogP contribution in [-0.4, -0.2) is 15.8 Å². The van der Waals surface area contributed by atoms with Crippen molar-refractivity contribution in [2.45, 2.75) is 53.2 Å². The molecule has 0 aliphatic carbocycles. The minimum atomic E-state index is 0.493. The number of rotatable bonds is 5. The first-order valence-electron chi connectivity index (χ1n) is 5.76. The van der Waals surface area contributed by atoms with Crippen molar-refractivity contribution in [3.05, 3.63) is 17.0 Å². The van der Waals surface area contributed by atoms with Crippen molar-refractivity contribution < 1.29 is 0 Å². The zero-order valence-corrected chi connectivity index (χ0v) is 10.7. The van der Waals surface area contributed by atoms with Crippen LogP contribution < -0.4 is 5.32 Å². The minimum Gasteiger partial charge on any atom is -0.310 e. The van der Waals surface area contributed by atoms with Gasteiger partial charge in [0.25, 0.3) is 0 Å². The van der Waals surface area contributed by atoms with Crippen molar-refractivity contribution in [3.63, 3.8) is 0 Å². The molecule has 0 aliphatic heterocycles. The van der Waals surface area contributed by atoms with E-state index in [1.807, 2.05) is 4.68 Å². The summed E-state index contributed by atoms with van der Waals surface area (Å²) in [4.78, 5) is 0.